The molecule has 0 aliphatic carbocycles. The highest BCUT2D eigenvalue weighted by Crippen LogP contribution is 2.41. The minimum absolute atomic E-state index is 0.267. The van der Waals surface area contributed by atoms with Gasteiger partial charge in [0, 0.05) is 36.6 Å². The molecule has 6 heteroatoms. The molecular weight excluding hydrogens is 426 g/mol. The lowest BCUT2D eigenvalue weighted by Crippen LogP contribution is -2.63. The van der Waals surface area contributed by atoms with Crippen LogP contribution in [0.3, 0.4) is 0 Å². The normalized spacial score (nSPS) is 42.9. The number of piperidine rings is 2. The SMILES string of the molecule is CC(C)C1CC[C@@H]2CN(C3NC(C(C)(C)C)CCC3CNSC3CCCC(N3)N1)C(C)(C)C2. The second-order valence-corrected chi connectivity index (χ2v) is 14.7. The Morgan fingerprint density at radius 3 is 2.45 bits per heavy atom. The highest BCUT2D eigenvalue weighted by Gasteiger charge is 2.47. The van der Waals surface area contributed by atoms with E-state index in [1.54, 1.807) is 0 Å². The van der Waals surface area contributed by atoms with Gasteiger partial charge in [0.15, 0.2) is 0 Å². The molecule has 192 valence electrons. The molecule has 4 fully saturated rings. The molecule has 33 heavy (non-hydrogen) atoms. The Hall–Kier alpha value is 0.150. The van der Waals surface area contributed by atoms with Crippen LogP contribution in [0.25, 0.3) is 0 Å². The maximum atomic E-state index is 4.19. The van der Waals surface area contributed by atoms with E-state index in [1.807, 2.05) is 11.9 Å². The molecule has 4 saturated heterocycles. The van der Waals surface area contributed by atoms with Crippen LogP contribution in [-0.4, -0.2) is 53.3 Å². The first-order valence-electron chi connectivity index (χ1n) is 14.0. The van der Waals surface area contributed by atoms with Crippen molar-refractivity contribution in [3.8, 4) is 0 Å². The number of fused-ring (bicyclic) bond motifs is 6. The summed E-state index contributed by atoms with van der Waals surface area (Å²) in [6, 6.07) is 1.20. The molecule has 4 rings (SSSR count). The van der Waals surface area contributed by atoms with Gasteiger partial charge in [-0.25, -0.2) is 0 Å². The van der Waals surface area contributed by atoms with E-state index in [9.17, 15) is 0 Å². The first-order valence-corrected chi connectivity index (χ1v) is 14.8. The minimum atomic E-state index is 0.267. The lowest BCUT2D eigenvalue weighted by atomic mass is 9.78. The average Bonchev–Trinajstić information content (AvgIpc) is 3.04. The zero-order valence-corrected chi connectivity index (χ0v) is 23.4. The van der Waals surface area contributed by atoms with Crippen LogP contribution in [-0.2, 0) is 0 Å². The molecule has 4 aliphatic rings. The van der Waals surface area contributed by atoms with Crippen LogP contribution in [0.5, 0.6) is 0 Å². The van der Waals surface area contributed by atoms with Crippen molar-refractivity contribution in [2.75, 3.05) is 13.1 Å². The van der Waals surface area contributed by atoms with Crippen LogP contribution in [0.1, 0.15) is 99.8 Å². The Balaban J connectivity index is 1.55. The van der Waals surface area contributed by atoms with Crippen LogP contribution >= 0.6 is 11.9 Å². The summed E-state index contributed by atoms with van der Waals surface area (Å²) in [7, 11) is 0. The average molecular weight is 480 g/mol. The van der Waals surface area contributed by atoms with Gasteiger partial charge in [0.05, 0.1) is 17.7 Å². The lowest BCUT2D eigenvalue weighted by Gasteiger charge is -2.50. The molecule has 0 saturated carbocycles. The second kappa shape index (κ2) is 10.6. The van der Waals surface area contributed by atoms with E-state index in [0.29, 0.717) is 47.0 Å². The molecule has 0 spiro atoms. The van der Waals surface area contributed by atoms with Gasteiger partial charge in [0.1, 0.15) is 0 Å². The molecule has 0 aromatic carbocycles. The van der Waals surface area contributed by atoms with Gasteiger partial charge >= 0.3 is 0 Å². The largest absolute Gasteiger partial charge is 0.299 e. The summed E-state index contributed by atoms with van der Waals surface area (Å²) < 4.78 is 3.84. The highest BCUT2D eigenvalue weighted by molar-refractivity contribution is 7.98. The van der Waals surface area contributed by atoms with Crippen LogP contribution in [0.15, 0.2) is 0 Å². The van der Waals surface area contributed by atoms with Crippen molar-refractivity contribution in [3.63, 3.8) is 0 Å². The molecule has 5 nitrogen and oxygen atoms in total. The monoisotopic (exact) mass is 479 g/mol. The third-order valence-electron chi connectivity index (χ3n) is 9.07. The molecule has 8 atom stereocenters. The fraction of sp³-hybridized carbons (Fsp3) is 1.00. The smallest absolute Gasteiger partial charge is 0.0690 e. The van der Waals surface area contributed by atoms with E-state index < -0.39 is 0 Å². The van der Waals surface area contributed by atoms with E-state index >= 15 is 0 Å². The van der Waals surface area contributed by atoms with Crippen molar-refractivity contribution < 1.29 is 0 Å². The Morgan fingerprint density at radius 1 is 0.939 bits per heavy atom. The van der Waals surface area contributed by atoms with Crippen LogP contribution in [0, 0.1) is 23.2 Å². The van der Waals surface area contributed by atoms with Crippen LogP contribution in [0.4, 0.5) is 0 Å². The molecule has 0 aromatic heterocycles. The van der Waals surface area contributed by atoms with Crippen molar-refractivity contribution in [1.82, 2.24) is 25.6 Å². The first kappa shape index (κ1) is 26.2. The van der Waals surface area contributed by atoms with Crippen molar-refractivity contribution in [3.05, 3.63) is 0 Å². The quantitative estimate of drug-likeness (QED) is 0.402. The van der Waals surface area contributed by atoms with E-state index in [4.69, 9.17) is 0 Å². The summed E-state index contributed by atoms with van der Waals surface area (Å²) in [5, 5.41) is 12.6. The zero-order chi connectivity index (χ0) is 23.8. The number of nitrogens with zero attached hydrogens (tertiary/aromatic N) is 1. The van der Waals surface area contributed by atoms with Gasteiger partial charge in [0.25, 0.3) is 0 Å². The minimum Gasteiger partial charge on any atom is -0.299 e. The third-order valence-corrected chi connectivity index (χ3v) is 10.1. The van der Waals surface area contributed by atoms with Crippen LogP contribution in [0.2, 0.25) is 0 Å². The first-order chi connectivity index (χ1) is 15.5. The zero-order valence-electron chi connectivity index (χ0n) is 22.5. The summed E-state index contributed by atoms with van der Waals surface area (Å²) in [6.45, 7) is 19.4. The fourth-order valence-corrected chi connectivity index (χ4v) is 7.99. The van der Waals surface area contributed by atoms with E-state index in [2.05, 4.69) is 74.0 Å². The molecule has 0 amide bonds. The van der Waals surface area contributed by atoms with Gasteiger partial charge in [-0.2, -0.15) is 0 Å². The summed E-state index contributed by atoms with van der Waals surface area (Å²) in [4.78, 5) is 2.88. The lowest BCUT2D eigenvalue weighted by molar-refractivity contribution is 0.00551. The van der Waals surface area contributed by atoms with E-state index in [0.717, 1.165) is 12.5 Å². The summed E-state index contributed by atoms with van der Waals surface area (Å²) in [5.74, 6) is 2.15. The molecule has 4 N–H and O–H groups in total. The molecule has 0 radical (unpaired) electrons. The standard InChI is InChI=1S/C27H53N5S/c1-18(2)21-13-11-19-15-27(6,7)32(17-19)25-20(12-14-22(30-25)26(3,4)5)16-28-33-24-10-8-9-23(29-21)31-24/h18-25,28-31H,8-17H2,1-7H3/t19-,20?,21?,22?,23?,24?,25?/m0/s1. The Bertz CT molecular complexity index is 632. The molecule has 4 bridgehead atoms. The number of nitrogens with one attached hydrogen (secondary N) is 4. The summed E-state index contributed by atoms with van der Waals surface area (Å²) >= 11 is 1.95. The van der Waals surface area contributed by atoms with Crippen molar-refractivity contribution >= 4 is 11.9 Å². The topological polar surface area (TPSA) is 51.4 Å². The Morgan fingerprint density at radius 2 is 1.73 bits per heavy atom. The maximum Gasteiger partial charge on any atom is 0.0690 e. The Labute approximate surface area is 208 Å². The van der Waals surface area contributed by atoms with Gasteiger partial charge in [0.2, 0.25) is 0 Å². The third kappa shape index (κ3) is 6.48. The summed E-state index contributed by atoms with van der Waals surface area (Å²) in [6.07, 6.45) is 11.4. The van der Waals surface area contributed by atoms with Gasteiger partial charge in [-0.1, -0.05) is 46.6 Å². The van der Waals surface area contributed by atoms with E-state index in [1.165, 1.54) is 57.9 Å². The number of hydrogen-bond donors (Lipinski definition) is 4. The molecule has 4 heterocycles. The maximum absolute atomic E-state index is 4.19. The summed E-state index contributed by atoms with van der Waals surface area (Å²) in [5.41, 5.74) is 0.577. The molecule has 7 unspecified atom stereocenters. The van der Waals surface area contributed by atoms with Gasteiger partial charge in [-0.3, -0.25) is 25.6 Å². The van der Waals surface area contributed by atoms with Gasteiger partial charge < -0.3 is 0 Å². The predicted molar refractivity (Wildman–Crippen MR) is 143 cm³/mol. The fourth-order valence-electron chi connectivity index (χ4n) is 6.96. The van der Waals surface area contributed by atoms with Gasteiger partial charge in [-0.15, -0.1) is 0 Å². The highest BCUT2D eigenvalue weighted by atomic mass is 32.2. The molecule has 0 aromatic rings. The molecule has 4 aliphatic heterocycles. The predicted octanol–water partition coefficient (Wildman–Crippen LogP) is 4.90. The number of rotatable bonds is 1. The van der Waals surface area contributed by atoms with Crippen molar-refractivity contribution in [2.45, 2.75) is 135 Å². The van der Waals surface area contributed by atoms with Crippen molar-refractivity contribution in [2.24, 2.45) is 23.2 Å². The van der Waals surface area contributed by atoms with Crippen molar-refractivity contribution in [1.29, 1.82) is 0 Å². The second-order valence-electron chi connectivity index (χ2n) is 13.6. The van der Waals surface area contributed by atoms with Crippen LogP contribution < -0.4 is 20.7 Å². The molecular formula is C27H53N5S. The number of hydrogen-bond acceptors (Lipinski definition) is 6. The Kier molecular flexibility index (Phi) is 8.45. The van der Waals surface area contributed by atoms with Gasteiger partial charge in [-0.05, 0) is 82.5 Å². The van der Waals surface area contributed by atoms with E-state index in [-0.39, 0.29) is 5.54 Å².